The smallest absolute Gasteiger partial charge is 0.234 e. The fourth-order valence-electron chi connectivity index (χ4n) is 3.25. The summed E-state index contributed by atoms with van der Waals surface area (Å²) in [5.41, 5.74) is 11.9. The molecule has 0 aliphatic carbocycles. The lowest BCUT2D eigenvalue weighted by molar-refractivity contribution is -0.129. The van der Waals surface area contributed by atoms with E-state index in [1.54, 1.807) is 11.8 Å². The summed E-state index contributed by atoms with van der Waals surface area (Å²) in [5, 5.41) is 10.3. The van der Waals surface area contributed by atoms with Crippen LogP contribution >= 0.6 is 0 Å². The zero-order valence-electron chi connectivity index (χ0n) is 16.2. The maximum absolute atomic E-state index is 11.5. The molecular formula is C19H23N7O2. The third kappa shape index (κ3) is 3.61. The van der Waals surface area contributed by atoms with Crippen molar-refractivity contribution in [2.45, 2.75) is 26.8 Å². The third-order valence-electron chi connectivity index (χ3n) is 4.97. The molecule has 28 heavy (non-hydrogen) atoms. The first-order valence-electron chi connectivity index (χ1n) is 9.16. The maximum atomic E-state index is 11.5. The van der Waals surface area contributed by atoms with Gasteiger partial charge in [-0.3, -0.25) is 14.8 Å². The summed E-state index contributed by atoms with van der Waals surface area (Å²) in [4.78, 5) is 17.7. The Kier molecular flexibility index (Phi) is 4.82. The van der Waals surface area contributed by atoms with Crippen LogP contribution in [0.2, 0.25) is 0 Å². The number of ether oxygens (including phenoxy) is 1. The van der Waals surface area contributed by atoms with Crippen LogP contribution in [0.15, 0.2) is 30.1 Å². The molecule has 0 unspecified atom stereocenters. The number of nitrogens with zero attached hydrogens (tertiary/aromatic N) is 5. The number of hydrogen-bond donors (Lipinski definition) is 2. The number of carbonyl (C=O) groups is 1. The fraction of sp³-hybridized carbons (Fsp3) is 0.368. The van der Waals surface area contributed by atoms with E-state index >= 15 is 0 Å². The molecule has 2 aromatic rings. The van der Waals surface area contributed by atoms with Crippen LogP contribution in [0.25, 0.3) is 5.70 Å². The van der Waals surface area contributed by atoms with E-state index in [1.807, 2.05) is 43.4 Å². The van der Waals surface area contributed by atoms with Gasteiger partial charge in [0.2, 0.25) is 11.8 Å². The maximum Gasteiger partial charge on any atom is 0.234 e. The Balaban J connectivity index is 1.50. The number of hydrogen-bond acceptors (Lipinski definition) is 8. The number of aromatic nitrogens is 3. The number of nitrogens with one attached hydrogen (secondary N) is 2. The molecule has 0 saturated heterocycles. The largest absolute Gasteiger partial charge is 0.470 e. The van der Waals surface area contributed by atoms with Crippen molar-refractivity contribution >= 4 is 11.6 Å². The van der Waals surface area contributed by atoms with Crippen molar-refractivity contribution in [1.82, 2.24) is 36.1 Å². The summed E-state index contributed by atoms with van der Waals surface area (Å²) in [7, 11) is 1.91. The second kappa shape index (κ2) is 7.43. The Morgan fingerprint density at radius 2 is 2.18 bits per heavy atom. The Labute approximate surface area is 163 Å². The molecule has 146 valence electrons. The summed E-state index contributed by atoms with van der Waals surface area (Å²) >= 11 is 0. The lowest BCUT2D eigenvalue weighted by Crippen LogP contribution is -2.35. The third-order valence-corrected chi connectivity index (χ3v) is 4.97. The molecule has 0 spiro atoms. The van der Waals surface area contributed by atoms with Gasteiger partial charge in [-0.05, 0) is 31.0 Å². The monoisotopic (exact) mass is 381 g/mol. The van der Waals surface area contributed by atoms with Crippen LogP contribution in [-0.2, 0) is 17.8 Å². The minimum Gasteiger partial charge on any atom is -0.470 e. The van der Waals surface area contributed by atoms with Gasteiger partial charge < -0.3 is 15.1 Å². The van der Waals surface area contributed by atoms with Gasteiger partial charge in [0, 0.05) is 44.0 Å². The number of pyridine rings is 1. The predicted octanol–water partition coefficient (Wildman–Crippen LogP) is 0.787. The normalized spacial score (nSPS) is 16.1. The average molecular weight is 381 g/mol. The molecule has 0 fully saturated rings. The Bertz CT molecular complexity index is 926. The quantitative estimate of drug-likeness (QED) is 0.803. The van der Waals surface area contributed by atoms with E-state index < -0.39 is 0 Å². The van der Waals surface area contributed by atoms with E-state index in [0.29, 0.717) is 25.6 Å². The number of hydrazine groups is 2. The second-order valence-electron chi connectivity index (χ2n) is 6.94. The lowest BCUT2D eigenvalue weighted by atomic mass is 10.1. The van der Waals surface area contributed by atoms with Crippen molar-refractivity contribution in [2.75, 3.05) is 20.2 Å². The van der Waals surface area contributed by atoms with Gasteiger partial charge in [0.25, 0.3) is 0 Å². The molecule has 1 amide bonds. The van der Waals surface area contributed by atoms with E-state index in [2.05, 4.69) is 26.1 Å². The molecule has 0 atom stereocenters. The first-order valence-corrected chi connectivity index (χ1v) is 9.16. The van der Waals surface area contributed by atoms with E-state index in [1.165, 1.54) is 0 Å². The van der Waals surface area contributed by atoms with Crippen LogP contribution in [0.1, 0.15) is 29.4 Å². The summed E-state index contributed by atoms with van der Waals surface area (Å²) in [6.45, 7) is 5.06. The van der Waals surface area contributed by atoms with E-state index in [4.69, 9.17) is 4.74 Å². The molecule has 2 aliphatic rings. The van der Waals surface area contributed by atoms with Crippen LogP contribution in [-0.4, -0.2) is 51.2 Å². The minimum absolute atomic E-state index is 0.0575. The van der Waals surface area contributed by atoms with Crippen molar-refractivity contribution in [3.63, 3.8) is 0 Å². The fourth-order valence-corrected chi connectivity index (χ4v) is 3.25. The van der Waals surface area contributed by atoms with Gasteiger partial charge in [0.15, 0.2) is 0 Å². The zero-order valence-corrected chi connectivity index (χ0v) is 16.2. The molecule has 0 bridgehead atoms. The summed E-state index contributed by atoms with van der Waals surface area (Å²) in [5.74, 6) is 0.534. The SMILES string of the molecule is CC(=O)N1CCc2cc(OCC3=C(c4ccc(C)nc4)NNN3C)nnc2C1. The van der Waals surface area contributed by atoms with Crippen LogP contribution in [0.3, 0.4) is 0 Å². The van der Waals surface area contributed by atoms with Crippen LogP contribution in [0.5, 0.6) is 5.88 Å². The van der Waals surface area contributed by atoms with Crippen molar-refractivity contribution in [3.05, 3.63) is 52.6 Å². The van der Waals surface area contributed by atoms with Crippen LogP contribution in [0.4, 0.5) is 0 Å². The first kappa shape index (κ1) is 18.2. The van der Waals surface area contributed by atoms with Crippen molar-refractivity contribution in [2.24, 2.45) is 0 Å². The molecule has 0 aromatic carbocycles. The van der Waals surface area contributed by atoms with Gasteiger partial charge in [0.1, 0.15) is 6.61 Å². The number of amides is 1. The topological polar surface area (TPSA) is 95.5 Å². The van der Waals surface area contributed by atoms with Crippen LogP contribution < -0.4 is 15.7 Å². The van der Waals surface area contributed by atoms with Gasteiger partial charge in [-0.2, -0.15) is 0 Å². The molecule has 0 saturated carbocycles. The highest BCUT2D eigenvalue weighted by molar-refractivity contribution is 5.73. The van der Waals surface area contributed by atoms with Gasteiger partial charge >= 0.3 is 0 Å². The predicted molar refractivity (Wildman–Crippen MR) is 102 cm³/mol. The summed E-state index contributed by atoms with van der Waals surface area (Å²) < 4.78 is 5.92. The standard InChI is InChI=1S/C19H23N7O2/c1-12-4-5-15(9-20-12)19-17(25(3)24-23-19)11-28-18-8-14-6-7-26(13(2)27)10-16(14)21-22-18/h4-5,8-9,23-24H,6-7,10-11H2,1-3H3. The Morgan fingerprint density at radius 3 is 2.93 bits per heavy atom. The minimum atomic E-state index is 0.0575. The number of carbonyl (C=O) groups excluding carboxylic acids is 1. The van der Waals surface area contributed by atoms with Gasteiger partial charge in [-0.25, -0.2) is 0 Å². The highest BCUT2D eigenvalue weighted by atomic mass is 16.5. The van der Waals surface area contributed by atoms with Crippen molar-refractivity contribution in [1.29, 1.82) is 0 Å². The van der Waals surface area contributed by atoms with E-state index in [-0.39, 0.29) is 5.91 Å². The highest BCUT2D eigenvalue weighted by Gasteiger charge is 2.23. The zero-order chi connectivity index (χ0) is 19.7. The molecular weight excluding hydrogens is 358 g/mol. The highest BCUT2D eigenvalue weighted by Crippen LogP contribution is 2.23. The average Bonchev–Trinajstić information content (AvgIpc) is 3.06. The number of likely N-dealkylation sites (N-methyl/N-ethyl adjacent to an activating group) is 1. The molecule has 9 heteroatoms. The Hall–Kier alpha value is -3.20. The molecule has 2 aliphatic heterocycles. The van der Waals surface area contributed by atoms with Crippen molar-refractivity contribution in [3.8, 4) is 5.88 Å². The van der Waals surface area contributed by atoms with Crippen molar-refractivity contribution < 1.29 is 9.53 Å². The molecule has 9 nitrogen and oxygen atoms in total. The second-order valence-corrected chi connectivity index (χ2v) is 6.94. The van der Waals surface area contributed by atoms with E-state index in [9.17, 15) is 4.79 Å². The number of aryl methyl sites for hydroxylation is 1. The lowest BCUT2D eigenvalue weighted by Gasteiger charge is -2.26. The molecule has 0 radical (unpaired) electrons. The summed E-state index contributed by atoms with van der Waals surface area (Å²) in [6, 6.07) is 5.91. The number of fused-ring (bicyclic) bond motifs is 1. The first-order chi connectivity index (χ1) is 13.5. The van der Waals surface area contributed by atoms with Crippen LogP contribution in [0, 0.1) is 6.92 Å². The van der Waals surface area contributed by atoms with E-state index in [0.717, 1.165) is 40.3 Å². The number of rotatable bonds is 4. The van der Waals surface area contributed by atoms with Gasteiger partial charge in [-0.1, -0.05) is 0 Å². The summed E-state index contributed by atoms with van der Waals surface area (Å²) in [6.07, 6.45) is 2.59. The van der Waals surface area contributed by atoms with Gasteiger partial charge in [-0.15, -0.1) is 15.7 Å². The Morgan fingerprint density at radius 1 is 1.32 bits per heavy atom. The van der Waals surface area contributed by atoms with Gasteiger partial charge in [0.05, 0.1) is 23.6 Å². The molecule has 4 rings (SSSR count). The molecule has 4 heterocycles. The molecule has 2 aromatic heterocycles. The molecule has 2 N–H and O–H groups in total.